The van der Waals surface area contributed by atoms with E-state index < -0.39 is 5.97 Å². The first-order valence-corrected chi connectivity index (χ1v) is 10.3. The summed E-state index contributed by atoms with van der Waals surface area (Å²) in [5, 5.41) is 0.914. The molecule has 150 valence electrons. The summed E-state index contributed by atoms with van der Waals surface area (Å²) in [6.45, 7) is -0.106. The molecule has 0 N–H and O–H groups in total. The van der Waals surface area contributed by atoms with E-state index in [1.807, 2.05) is 6.07 Å². The Morgan fingerprint density at radius 1 is 1.14 bits per heavy atom. The van der Waals surface area contributed by atoms with Crippen molar-refractivity contribution in [2.45, 2.75) is 24.2 Å². The van der Waals surface area contributed by atoms with Gasteiger partial charge in [0.05, 0.1) is 0 Å². The van der Waals surface area contributed by atoms with Gasteiger partial charge in [0, 0.05) is 27.7 Å². The van der Waals surface area contributed by atoms with Crippen LogP contribution in [0, 0.1) is 5.82 Å². The van der Waals surface area contributed by atoms with E-state index in [0.29, 0.717) is 22.0 Å². The Morgan fingerprint density at radius 2 is 1.97 bits per heavy atom. The second-order valence-corrected chi connectivity index (χ2v) is 7.78. The minimum absolute atomic E-state index is 0.153. The maximum Gasteiger partial charge on any atom is 0.344 e. The number of halogens is 1. The van der Waals surface area contributed by atoms with Crippen molar-refractivity contribution in [3.05, 3.63) is 69.8 Å². The van der Waals surface area contributed by atoms with Gasteiger partial charge in [-0.3, -0.25) is 0 Å². The third kappa shape index (κ3) is 4.45. The lowest BCUT2D eigenvalue weighted by molar-refractivity contribution is -0.145. The maximum absolute atomic E-state index is 13.5. The molecule has 0 bridgehead atoms. The van der Waals surface area contributed by atoms with Crippen LogP contribution in [-0.4, -0.2) is 24.9 Å². The Hall–Kier alpha value is -2.80. The largest absolute Gasteiger partial charge is 0.482 e. The number of hydrogen-bond donors (Lipinski definition) is 0. The van der Waals surface area contributed by atoms with Crippen LogP contribution < -0.4 is 10.4 Å². The molecule has 0 radical (unpaired) electrons. The van der Waals surface area contributed by atoms with Crippen molar-refractivity contribution in [3.8, 4) is 5.75 Å². The van der Waals surface area contributed by atoms with Crippen LogP contribution in [0.1, 0.15) is 17.5 Å². The van der Waals surface area contributed by atoms with Crippen LogP contribution in [-0.2, 0) is 22.4 Å². The Balaban J connectivity index is 1.29. The fourth-order valence-electron chi connectivity index (χ4n) is 3.41. The molecule has 2 aromatic carbocycles. The van der Waals surface area contributed by atoms with Gasteiger partial charge in [0.1, 0.15) is 23.8 Å². The highest BCUT2D eigenvalue weighted by molar-refractivity contribution is 7.99. The summed E-state index contributed by atoms with van der Waals surface area (Å²) in [5.74, 6) is 0.0607. The summed E-state index contributed by atoms with van der Waals surface area (Å²) in [6.07, 6.45) is 2.58. The lowest BCUT2D eigenvalue weighted by Crippen LogP contribution is -2.16. The van der Waals surface area contributed by atoms with Gasteiger partial charge in [0.15, 0.2) is 6.61 Å². The SMILES string of the molecule is O=C(COc1ccc2c3c(c(=O)oc2c1)CCC3)OCCSc1ccccc1F. The zero-order valence-electron chi connectivity index (χ0n) is 15.6. The predicted molar refractivity (Wildman–Crippen MR) is 108 cm³/mol. The van der Waals surface area contributed by atoms with Crippen molar-refractivity contribution in [1.29, 1.82) is 0 Å². The summed E-state index contributed by atoms with van der Waals surface area (Å²) in [7, 11) is 0. The molecular weight excluding hydrogens is 395 g/mol. The average molecular weight is 414 g/mol. The molecule has 0 amide bonds. The van der Waals surface area contributed by atoms with E-state index in [9.17, 15) is 14.0 Å². The molecule has 1 aromatic heterocycles. The predicted octanol–water partition coefficient (Wildman–Crippen LogP) is 4.14. The van der Waals surface area contributed by atoms with Gasteiger partial charge in [-0.1, -0.05) is 12.1 Å². The molecule has 1 aliphatic rings. The van der Waals surface area contributed by atoms with E-state index in [1.54, 1.807) is 30.3 Å². The third-order valence-electron chi connectivity index (χ3n) is 4.74. The Morgan fingerprint density at radius 3 is 2.83 bits per heavy atom. The topological polar surface area (TPSA) is 65.7 Å². The van der Waals surface area contributed by atoms with Crippen LogP contribution in [0.25, 0.3) is 11.0 Å². The minimum atomic E-state index is -0.519. The van der Waals surface area contributed by atoms with Crippen molar-refractivity contribution < 1.29 is 23.1 Å². The van der Waals surface area contributed by atoms with Gasteiger partial charge in [0.2, 0.25) is 0 Å². The lowest BCUT2D eigenvalue weighted by Gasteiger charge is -2.09. The Bertz CT molecular complexity index is 1110. The number of fused-ring (bicyclic) bond motifs is 3. The highest BCUT2D eigenvalue weighted by Crippen LogP contribution is 2.29. The van der Waals surface area contributed by atoms with Gasteiger partial charge in [-0.05, 0) is 49.1 Å². The van der Waals surface area contributed by atoms with E-state index in [2.05, 4.69) is 0 Å². The smallest absolute Gasteiger partial charge is 0.344 e. The van der Waals surface area contributed by atoms with Gasteiger partial charge < -0.3 is 13.9 Å². The molecule has 1 aliphatic carbocycles. The summed E-state index contributed by atoms with van der Waals surface area (Å²) < 4.78 is 29.5. The lowest BCUT2D eigenvalue weighted by atomic mass is 10.1. The number of carbonyl (C=O) groups is 1. The highest BCUT2D eigenvalue weighted by Gasteiger charge is 2.19. The van der Waals surface area contributed by atoms with Crippen LogP contribution >= 0.6 is 11.8 Å². The van der Waals surface area contributed by atoms with Crippen LogP contribution in [0.5, 0.6) is 5.75 Å². The first-order valence-electron chi connectivity index (χ1n) is 9.36. The molecule has 0 spiro atoms. The molecule has 0 unspecified atom stereocenters. The molecule has 0 fully saturated rings. The molecule has 1 heterocycles. The number of esters is 1. The number of ether oxygens (including phenoxy) is 2. The van der Waals surface area contributed by atoms with Crippen molar-refractivity contribution in [3.63, 3.8) is 0 Å². The van der Waals surface area contributed by atoms with E-state index in [1.165, 1.54) is 17.8 Å². The molecule has 4 rings (SSSR count). The molecule has 5 nitrogen and oxygen atoms in total. The average Bonchev–Trinajstić information content (AvgIpc) is 3.21. The van der Waals surface area contributed by atoms with Gasteiger partial charge in [-0.2, -0.15) is 0 Å². The number of aryl methyl sites for hydroxylation is 1. The number of carbonyl (C=O) groups excluding carboxylic acids is 1. The third-order valence-corrected chi connectivity index (χ3v) is 5.76. The monoisotopic (exact) mass is 414 g/mol. The number of hydrogen-bond acceptors (Lipinski definition) is 6. The minimum Gasteiger partial charge on any atom is -0.482 e. The Labute approximate surface area is 170 Å². The quantitative estimate of drug-likeness (QED) is 0.251. The van der Waals surface area contributed by atoms with Gasteiger partial charge in [0.25, 0.3) is 0 Å². The number of benzene rings is 2. The number of rotatable bonds is 7. The molecule has 0 saturated heterocycles. The molecular formula is C22H19FO5S. The van der Waals surface area contributed by atoms with Crippen molar-refractivity contribution >= 4 is 28.7 Å². The standard InChI is InChI=1S/C22H19FO5S/c23-18-6-1-2-7-20(18)29-11-10-26-21(24)13-27-14-8-9-16-15-4-3-5-17(15)22(25)28-19(16)12-14/h1-2,6-9,12H,3-5,10-11,13H2. The van der Waals surface area contributed by atoms with Gasteiger partial charge in [-0.15, -0.1) is 11.8 Å². The highest BCUT2D eigenvalue weighted by atomic mass is 32.2. The molecule has 7 heteroatoms. The molecule has 0 aliphatic heterocycles. The Kier molecular flexibility index (Phi) is 5.85. The van der Waals surface area contributed by atoms with E-state index >= 15 is 0 Å². The van der Waals surface area contributed by atoms with E-state index in [0.717, 1.165) is 35.8 Å². The van der Waals surface area contributed by atoms with E-state index in [-0.39, 0.29) is 24.7 Å². The normalized spacial score (nSPS) is 12.7. The first kappa shape index (κ1) is 19.5. The second kappa shape index (κ2) is 8.69. The van der Waals surface area contributed by atoms with Crippen molar-refractivity contribution in [1.82, 2.24) is 0 Å². The van der Waals surface area contributed by atoms with Crippen molar-refractivity contribution in [2.75, 3.05) is 19.0 Å². The van der Waals surface area contributed by atoms with Crippen LogP contribution in [0.3, 0.4) is 0 Å². The van der Waals surface area contributed by atoms with E-state index in [4.69, 9.17) is 13.9 Å². The zero-order valence-corrected chi connectivity index (χ0v) is 16.4. The molecule has 0 atom stereocenters. The molecule has 3 aromatic rings. The second-order valence-electron chi connectivity index (χ2n) is 6.65. The van der Waals surface area contributed by atoms with Crippen LogP contribution in [0.15, 0.2) is 56.6 Å². The van der Waals surface area contributed by atoms with Gasteiger partial charge >= 0.3 is 11.6 Å². The van der Waals surface area contributed by atoms with Crippen LogP contribution in [0.4, 0.5) is 4.39 Å². The maximum atomic E-state index is 13.5. The van der Waals surface area contributed by atoms with Crippen LogP contribution in [0.2, 0.25) is 0 Å². The summed E-state index contributed by atoms with van der Waals surface area (Å²) in [5.41, 5.74) is 1.98. The van der Waals surface area contributed by atoms with Gasteiger partial charge in [-0.25, -0.2) is 14.0 Å². The number of thioether (sulfide) groups is 1. The molecule has 0 saturated carbocycles. The fourth-order valence-corrected chi connectivity index (χ4v) is 4.17. The summed E-state index contributed by atoms with van der Waals surface area (Å²) in [6, 6.07) is 11.7. The summed E-state index contributed by atoms with van der Waals surface area (Å²) in [4.78, 5) is 24.4. The zero-order chi connectivity index (χ0) is 20.2. The molecule has 29 heavy (non-hydrogen) atoms. The first-order chi connectivity index (χ1) is 14.1. The summed E-state index contributed by atoms with van der Waals surface area (Å²) >= 11 is 1.28. The van der Waals surface area contributed by atoms with Crippen molar-refractivity contribution in [2.24, 2.45) is 0 Å². The fraction of sp³-hybridized carbons (Fsp3) is 0.273.